The molecule has 0 aliphatic carbocycles. The Morgan fingerprint density at radius 1 is 1.57 bits per heavy atom. The van der Waals surface area contributed by atoms with Gasteiger partial charge < -0.3 is 14.9 Å². The van der Waals surface area contributed by atoms with Crippen molar-refractivity contribution in [1.29, 1.82) is 0 Å². The van der Waals surface area contributed by atoms with Gasteiger partial charge in [0.2, 0.25) is 0 Å². The lowest BCUT2D eigenvalue weighted by atomic mass is 10.2. The summed E-state index contributed by atoms with van der Waals surface area (Å²) in [7, 11) is 0. The predicted molar refractivity (Wildman–Crippen MR) is 52.9 cm³/mol. The van der Waals surface area contributed by atoms with Gasteiger partial charge in [-0.3, -0.25) is 0 Å². The topological polar surface area (TPSA) is 66.8 Å². The second kappa shape index (κ2) is 7.38. The maximum absolute atomic E-state index is 10.6. The number of aliphatic hydroxyl groups excluding tert-OH is 1. The number of carboxylic acid groups (broad SMARTS) is 1. The molecule has 0 aromatic heterocycles. The van der Waals surface area contributed by atoms with E-state index in [1.54, 1.807) is 6.92 Å². The van der Waals surface area contributed by atoms with Crippen LogP contribution in [0.25, 0.3) is 0 Å². The van der Waals surface area contributed by atoms with Gasteiger partial charge in [-0.15, -0.1) is 0 Å². The van der Waals surface area contributed by atoms with Gasteiger partial charge in [0.05, 0.1) is 12.7 Å². The van der Waals surface area contributed by atoms with Crippen molar-refractivity contribution in [2.45, 2.75) is 39.2 Å². The Kier molecular flexibility index (Phi) is 6.84. The predicted octanol–water partition coefficient (Wildman–Crippen LogP) is 1.54. The second-order valence-corrected chi connectivity index (χ2v) is 3.16. The van der Waals surface area contributed by atoms with Crippen molar-refractivity contribution in [3.8, 4) is 0 Å². The summed E-state index contributed by atoms with van der Waals surface area (Å²) in [5, 5.41) is 17.7. The molecule has 2 N–H and O–H groups in total. The van der Waals surface area contributed by atoms with Gasteiger partial charge in [-0.25, -0.2) is 4.79 Å². The Balaban J connectivity index is 4.01. The molecule has 0 fully saturated rings. The first kappa shape index (κ1) is 13.0. The number of hydrogen-bond acceptors (Lipinski definition) is 3. The third kappa shape index (κ3) is 6.48. The Hall–Kier alpha value is -1.03. The summed E-state index contributed by atoms with van der Waals surface area (Å²) in [6, 6.07) is 0. The largest absolute Gasteiger partial charge is 0.487 e. The van der Waals surface area contributed by atoms with Gasteiger partial charge >= 0.3 is 5.97 Å². The van der Waals surface area contributed by atoms with Crippen LogP contribution in [-0.2, 0) is 9.53 Å². The zero-order chi connectivity index (χ0) is 11.0. The van der Waals surface area contributed by atoms with Gasteiger partial charge in [0.15, 0.2) is 5.76 Å². The summed E-state index contributed by atoms with van der Waals surface area (Å²) in [5.41, 5.74) is 0. The SMILES string of the molecule is CCCCO/C(=C/CC(C)O)C(=O)O. The first-order chi connectivity index (χ1) is 6.57. The normalized spacial score (nSPS) is 13.8. The molecule has 0 aromatic rings. The van der Waals surface area contributed by atoms with Crippen LogP contribution in [0.5, 0.6) is 0 Å². The molecular weight excluding hydrogens is 184 g/mol. The smallest absolute Gasteiger partial charge is 0.370 e. The quantitative estimate of drug-likeness (QED) is 0.373. The molecule has 0 spiro atoms. The third-order valence-corrected chi connectivity index (χ3v) is 1.61. The van der Waals surface area contributed by atoms with Gasteiger partial charge in [0, 0.05) is 0 Å². The molecule has 14 heavy (non-hydrogen) atoms. The lowest BCUT2D eigenvalue weighted by Gasteiger charge is -2.06. The molecule has 0 radical (unpaired) electrons. The minimum absolute atomic E-state index is 0.0700. The number of unbranched alkanes of at least 4 members (excludes halogenated alkanes) is 1. The molecule has 0 bridgehead atoms. The van der Waals surface area contributed by atoms with E-state index in [-0.39, 0.29) is 5.76 Å². The zero-order valence-electron chi connectivity index (χ0n) is 8.69. The van der Waals surface area contributed by atoms with Crippen molar-refractivity contribution in [1.82, 2.24) is 0 Å². The molecular formula is C10H18O4. The van der Waals surface area contributed by atoms with Crippen LogP contribution in [0, 0.1) is 0 Å². The van der Waals surface area contributed by atoms with Gasteiger partial charge in [-0.1, -0.05) is 13.3 Å². The van der Waals surface area contributed by atoms with Gasteiger partial charge in [-0.05, 0) is 25.8 Å². The summed E-state index contributed by atoms with van der Waals surface area (Å²) >= 11 is 0. The van der Waals surface area contributed by atoms with E-state index in [9.17, 15) is 4.79 Å². The van der Waals surface area contributed by atoms with Gasteiger partial charge in [-0.2, -0.15) is 0 Å². The summed E-state index contributed by atoms with van der Waals surface area (Å²) in [4.78, 5) is 10.6. The maximum Gasteiger partial charge on any atom is 0.370 e. The van der Waals surface area contributed by atoms with Gasteiger partial charge in [0.1, 0.15) is 0 Å². The van der Waals surface area contributed by atoms with Crippen LogP contribution < -0.4 is 0 Å². The molecule has 1 unspecified atom stereocenters. The third-order valence-electron chi connectivity index (χ3n) is 1.61. The molecule has 0 aromatic carbocycles. The lowest BCUT2D eigenvalue weighted by Crippen LogP contribution is -2.07. The summed E-state index contributed by atoms with van der Waals surface area (Å²) in [5.74, 6) is -1.15. The molecule has 0 amide bonds. The van der Waals surface area contributed by atoms with Crippen LogP contribution in [0.1, 0.15) is 33.1 Å². The number of ether oxygens (including phenoxy) is 1. The van der Waals surface area contributed by atoms with Crippen molar-refractivity contribution in [3.05, 3.63) is 11.8 Å². The molecule has 0 heterocycles. The fourth-order valence-electron chi connectivity index (χ4n) is 0.812. The van der Waals surface area contributed by atoms with Crippen LogP contribution in [-0.4, -0.2) is 28.9 Å². The minimum Gasteiger partial charge on any atom is -0.487 e. The molecule has 0 aliphatic heterocycles. The second-order valence-electron chi connectivity index (χ2n) is 3.16. The van der Waals surface area contributed by atoms with Crippen LogP contribution in [0.3, 0.4) is 0 Å². The fourth-order valence-corrected chi connectivity index (χ4v) is 0.812. The Bertz CT molecular complexity index is 196. The standard InChI is InChI=1S/C10H18O4/c1-3-4-7-14-9(10(12)13)6-5-8(2)11/h6,8,11H,3-5,7H2,1-2H3,(H,12,13)/b9-6+. The molecule has 0 saturated heterocycles. The van der Waals surface area contributed by atoms with Crippen LogP contribution in [0.15, 0.2) is 11.8 Å². The monoisotopic (exact) mass is 202 g/mol. The zero-order valence-corrected chi connectivity index (χ0v) is 8.69. The van der Waals surface area contributed by atoms with Crippen molar-refractivity contribution in [2.75, 3.05) is 6.61 Å². The van der Waals surface area contributed by atoms with Crippen molar-refractivity contribution >= 4 is 5.97 Å². The highest BCUT2D eigenvalue weighted by Gasteiger charge is 2.08. The van der Waals surface area contributed by atoms with E-state index >= 15 is 0 Å². The molecule has 1 atom stereocenters. The number of rotatable bonds is 7. The minimum atomic E-state index is -1.08. The average Bonchev–Trinajstić information content (AvgIpc) is 2.10. The van der Waals surface area contributed by atoms with Gasteiger partial charge in [0.25, 0.3) is 0 Å². The molecule has 4 nitrogen and oxygen atoms in total. The molecule has 0 aliphatic rings. The molecule has 4 heteroatoms. The first-order valence-electron chi connectivity index (χ1n) is 4.82. The van der Waals surface area contributed by atoms with E-state index in [1.165, 1.54) is 6.08 Å². The summed E-state index contributed by atoms with van der Waals surface area (Å²) in [6.07, 6.45) is 2.96. The van der Waals surface area contributed by atoms with Crippen molar-refractivity contribution < 1.29 is 19.7 Å². The highest BCUT2D eigenvalue weighted by Crippen LogP contribution is 2.03. The number of hydrogen-bond donors (Lipinski definition) is 2. The Morgan fingerprint density at radius 3 is 2.64 bits per heavy atom. The van der Waals surface area contributed by atoms with E-state index in [2.05, 4.69) is 0 Å². The number of carboxylic acids is 1. The molecule has 0 rings (SSSR count). The Morgan fingerprint density at radius 2 is 2.21 bits per heavy atom. The Labute approximate surface area is 84.2 Å². The van der Waals surface area contributed by atoms with E-state index in [0.717, 1.165) is 12.8 Å². The molecule has 0 saturated carbocycles. The van der Waals surface area contributed by atoms with E-state index in [0.29, 0.717) is 13.0 Å². The number of carbonyl (C=O) groups is 1. The highest BCUT2D eigenvalue weighted by atomic mass is 16.5. The summed E-state index contributed by atoms with van der Waals surface area (Å²) < 4.78 is 5.04. The van der Waals surface area contributed by atoms with E-state index in [4.69, 9.17) is 14.9 Å². The fraction of sp³-hybridized carbons (Fsp3) is 0.700. The average molecular weight is 202 g/mol. The van der Waals surface area contributed by atoms with E-state index in [1.807, 2.05) is 6.92 Å². The number of aliphatic hydroxyl groups is 1. The van der Waals surface area contributed by atoms with Crippen LogP contribution in [0.2, 0.25) is 0 Å². The van der Waals surface area contributed by atoms with Crippen LogP contribution in [0.4, 0.5) is 0 Å². The van der Waals surface area contributed by atoms with Crippen LogP contribution >= 0.6 is 0 Å². The summed E-state index contributed by atoms with van der Waals surface area (Å²) in [6.45, 7) is 4.01. The van der Waals surface area contributed by atoms with Crippen molar-refractivity contribution in [2.24, 2.45) is 0 Å². The van der Waals surface area contributed by atoms with Crippen molar-refractivity contribution in [3.63, 3.8) is 0 Å². The highest BCUT2D eigenvalue weighted by molar-refractivity contribution is 5.84. The molecule has 82 valence electrons. The van der Waals surface area contributed by atoms with E-state index < -0.39 is 12.1 Å². The first-order valence-corrected chi connectivity index (χ1v) is 4.82. The maximum atomic E-state index is 10.6. The lowest BCUT2D eigenvalue weighted by molar-refractivity contribution is -0.136. The number of aliphatic carboxylic acids is 1.